The number of aliphatic hydroxyl groups is 2. The number of aliphatic hydroxyl groups excluding tert-OH is 2. The van der Waals surface area contributed by atoms with Gasteiger partial charge in [0.25, 0.3) is 0 Å². The molecule has 2 heteroatoms. The van der Waals surface area contributed by atoms with Crippen LogP contribution in [0.15, 0.2) is 66.7 Å². The topological polar surface area (TPSA) is 40.5 Å². The zero-order valence-corrected chi connectivity index (χ0v) is 14.0. The highest BCUT2D eigenvalue weighted by Crippen LogP contribution is 2.43. The van der Waals surface area contributed by atoms with Crippen molar-refractivity contribution in [1.29, 1.82) is 0 Å². The van der Waals surface area contributed by atoms with E-state index in [1.807, 2.05) is 6.08 Å². The second-order valence-corrected chi connectivity index (χ2v) is 7.19. The lowest BCUT2D eigenvalue weighted by Crippen LogP contribution is -2.19. The molecule has 5 aromatic carbocycles. The van der Waals surface area contributed by atoms with Crippen LogP contribution in [0.2, 0.25) is 0 Å². The number of hydrogen-bond acceptors (Lipinski definition) is 2. The normalized spacial score (nSPS) is 19.8. The van der Waals surface area contributed by atoms with E-state index in [4.69, 9.17) is 0 Å². The van der Waals surface area contributed by atoms with E-state index in [0.717, 1.165) is 16.5 Å². The van der Waals surface area contributed by atoms with Gasteiger partial charge in [0.2, 0.25) is 0 Å². The highest BCUT2D eigenvalue weighted by Gasteiger charge is 2.26. The second-order valence-electron chi connectivity index (χ2n) is 7.19. The van der Waals surface area contributed by atoms with Crippen LogP contribution in [0.4, 0.5) is 0 Å². The summed E-state index contributed by atoms with van der Waals surface area (Å²) in [7, 11) is 0. The molecule has 26 heavy (non-hydrogen) atoms. The Morgan fingerprint density at radius 2 is 1.38 bits per heavy atom. The van der Waals surface area contributed by atoms with Crippen LogP contribution >= 0.6 is 0 Å². The Labute approximate surface area is 149 Å². The van der Waals surface area contributed by atoms with Crippen molar-refractivity contribution >= 4 is 49.2 Å². The lowest BCUT2D eigenvalue weighted by atomic mass is 9.83. The lowest BCUT2D eigenvalue weighted by molar-refractivity contribution is 0.0480. The fourth-order valence-electron chi connectivity index (χ4n) is 4.62. The number of fused-ring (bicyclic) bond motifs is 4. The van der Waals surface area contributed by atoms with Gasteiger partial charge in [0.05, 0.1) is 0 Å². The van der Waals surface area contributed by atoms with Gasteiger partial charge in [0.1, 0.15) is 12.2 Å². The molecule has 2 N–H and O–H groups in total. The molecule has 5 aromatic rings. The van der Waals surface area contributed by atoms with Gasteiger partial charge in [-0.25, -0.2) is 0 Å². The molecule has 2 nitrogen and oxygen atoms in total. The van der Waals surface area contributed by atoms with Gasteiger partial charge in [-0.2, -0.15) is 0 Å². The molecule has 0 amide bonds. The van der Waals surface area contributed by atoms with Gasteiger partial charge in [0.15, 0.2) is 0 Å². The monoisotopic (exact) mass is 336 g/mol. The minimum atomic E-state index is -0.892. The summed E-state index contributed by atoms with van der Waals surface area (Å²) in [4.78, 5) is 0. The van der Waals surface area contributed by atoms with Crippen LogP contribution < -0.4 is 0 Å². The third-order valence-electron chi connectivity index (χ3n) is 5.79. The van der Waals surface area contributed by atoms with E-state index < -0.39 is 12.2 Å². The van der Waals surface area contributed by atoms with Crippen LogP contribution in [0.5, 0.6) is 0 Å². The number of rotatable bonds is 0. The molecule has 124 valence electrons. The molecule has 0 radical (unpaired) electrons. The Morgan fingerprint density at radius 1 is 0.654 bits per heavy atom. The molecule has 0 bridgehead atoms. The van der Waals surface area contributed by atoms with Gasteiger partial charge in [0, 0.05) is 0 Å². The summed E-state index contributed by atoms with van der Waals surface area (Å²) < 4.78 is 0. The summed E-state index contributed by atoms with van der Waals surface area (Å²) in [6.07, 6.45) is 1.83. The summed E-state index contributed by atoms with van der Waals surface area (Å²) >= 11 is 0. The predicted octanol–water partition coefficient (Wildman–Crippen LogP) is 5.16. The zero-order chi connectivity index (χ0) is 17.4. The minimum Gasteiger partial charge on any atom is -0.386 e. The fraction of sp³-hybridized carbons (Fsp3) is 0.0833. The molecule has 0 fully saturated rings. The quantitative estimate of drug-likeness (QED) is 0.303. The maximum Gasteiger partial charge on any atom is 0.110 e. The van der Waals surface area contributed by atoms with Gasteiger partial charge in [-0.1, -0.05) is 60.7 Å². The molecule has 0 saturated heterocycles. The molecule has 2 atom stereocenters. The lowest BCUT2D eigenvalue weighted by Gasteiger charge is -2.25. The summed E-state index contributed by atoms with van der Waals surface area (Å²) in [6.45, 7) is 0. The van der Waals surface area contributed by atoms with E-state index >= 15 is 0 Å². The molecule has 1 aliphatic rings. The molecular formula is C24H16O2. The van der Waals surface area contributed by atoms with Crippen molar-refractivity contribution in [2.75, 3.05) is 0 Å². The van der Waals surface area contributed by atoms with Crippen molar-refractivity contribution in [2.45, 2.75) is 12.2 Å². The number of benzene rings is 5. The molecule has 1 aliphatic carbocycles. The highest BCUT2D eigenvalue weighted by molar-refractivity contribution is 6.29. The first-order valence-corrected chi connectivity index (χ1v) is 8.90. The van der Waals surface area contributed by atoms with Gasteiger partial charge in [-0.15, -0.1) is 0 Å². The van der Waals surface area contributed by atoms with Crippen LogP contribution in [-0.2, 0) is 0 Å². The molecule has 0 spiro atoms. The van der Waals surface area contributed by atoms with Gasteiger partial charge in [-0.05, 0) is 66.3 Å². The maximum absolute atomic E-state index is 10.6. The third-order valence-corrected chi connectivity index (χ3v) is 5.79. The van der Waals surface area contributed by atoms with E-state index in [0.29, 0.717) is 0 Å². The van der Waals surface area contributed by atoms with Crippen molar-refractivity contribution in [1.82, 2.24) is 0 Å². The smallest absolute Gasteiger partial charge is 0.110 e. The van der Waals surface area contributed by atoms with Crippen LogP contribution in [-0.4, -0.2) is 16.3 Å². The van der Waals surface area contributed by atoms with Crippen LogP contribution in [0, 0.1) is 0 Å². The summed E-state index contributed by atoms with van der Waals surface area (Å²) in [5.74, 6) is 0. The SMILES string of the molecule is OC1C=Cc2cc3ccc4cc5ccccc5c5ccc(c2C1O)c3c45. The molecule has 2 unspecified atom stereocenters. The Bertz CT molecular complexity index is 1360. The highest BCUT2D eigenvalue weighted by atomic mass is 16.3. The Kier molecular flexibility index (Phi) is 2.64. The molecule has 0 aliphatic heterocycles. The van der Waals surface area contributed by atoms with E-state index in [1.165, 1.54) is 37.7 Å². The predicted molar refractivity (Wildman–Crippen MR) is 108 cm³/mol. The summed E-state index contributed by atoms with van der Waals surface area (Å²) in [5, 5.41) is 30.3. The first kappa shape index (κ1) is 14.3. The van der Waals surface area contributed by atoms with Crippen molar-refractivity contribution in [3.05, 3.63) is 77.9 Å². The maximum atomic E-state index is 10.6. The second kappa shape index (κ2) is 4.82. The van der Waals surface area contributed by atoms with Crippen LogP contribution in [0.1, 0.15) is 17.2 Å². The standard InChI is InChI=1S/C24H16O2/c25-20-10-7-16-12-15-6-5-14-11-13-3-1-2-4-17(13)18-8-9-19(22(15)21(14)18)23(16)24(20)26/h1-12,20,24-26H. The van der Waals surface area contributed by atoms with Crippen molar-refractivity contribution < 1.29 is 10.2 Å². The van der Waals surface area contributed by atoms with Crippen LogP contribution in [0.3, 0.4) is 0 Å². The van der Waals surface area contributed by atoms with Crippen LogP contribution in [0.25, 0.3) is 49.2 Å². The Morgan fingerprint density at radius 3 is 2.27 bits per heavy atom. The molecular weight excluding hydrogens is 320 g/mol. The average molecular weight is 336 g/mol. The van der Waals surface area contributed by atoms with Gasteiger partial charge in [-0.3, -0.25) is 0 Å². The average Bonchev–Trinajstić information content (AvgIpc) is 2.68. The Balaban J connectivity index is 1.89. The largest absolute Gasteiger partial charge is 0.386 e. The van der Waals surface area contributed by atoms with Crippen molar-refractivity contribution in [3.63, 3.8) is 0 Å². The molecule has 0 saturated carbocycles. The first-order chi connectivity index (χ1) is 12.7. The molecule has 0 heterocycles. The molecule has 6 rings (SSSR count). The third kappa shape index (κ3) is 1.68. The van der Waals surface area contributed by atoms with Crippen molar-refractivity contribution in [2.24, 2.45) is 0 Å². The van der Waals surface area contributed by atoms with E-state index in [1.54, 1.807) is 6.08 Å². The van der Waals surface area contributed by atoms with E-state index in [9.17, 15) is 10.2 Å². The van der Waals surface area contributed by atoms with Gasteiger partial charge < -0.3 is 10.2 Å². The van der Waals surface area contributed by atoms with E-state index in [2.05, 4.69) is 60.7 Å². The fourth-order valence-corrected chi connectivity index (χ4v) is 4.62. The molecule has 0 aromatic heterocycles. The van der Waals surface area contributed by atoms with Gasteiger partial charge >= 0.3 is 0 Å². The first-order valence-electron chi connectivity index (χ1n) is 8.90. The Hall–Kier alpha value is -2.94. The summed E-state index contributed by atoms with van der Waals surface area (Å²) in [5.41, 5.74) is 1.81. The minimum absolute atomic E-state index is 0.829. The van der Waals surface area contributed by atoms with E-state index in [-0.39, 0.29) is 0 Å². The zero-order valence-electron chi connectivity index (χ0n) is 14.0. The number of hydrogen-bond donors (Lipinski definition) is 2. The van der Waals surface area contributed by atoms with Crippen molar-refractivity contribution in [3.8, 4) is 0 Å². The summed E-state index contributed by atoms with van der Waals surface area (Å²) in [6, 6.07) is 21.4.